The topological polar surface area (TPSA) is 70.2 Å². The van der Waals surface area contributed by atoms with Crippen molar-refractivity contribution in [3.05, 3.63) is 51.2 Å². The second-order valence-corrected chi connectivity index (χ2v) is 7.03. The molecule has 0 aliphatic carbocycles. The second-order valence-electron chi connectivity index (χ2n) is 5.59. The Hall–Kier alpha value is -1.89. The predicted octanol–water partition coefficient (Wildman–Crippen LogP) is 3.02. The van der Waals surface area contributed by atoms with Gasteiger partial charge in [0.25, 0.3) is 5.91 Å². The maximum absolute atomic E-state index is 12.3. The summed E-state index contributed by atoms with van der Waals surface area (Å²) in [6.07, 6.45) is 1.82. The van der Waals surface area contributed by atoms with Gasteiger partial charge in [-0.15, -0.1) is 11.3 Å². The molecule has 1 saturated heterocycles. The smallest absolute Gasteiger partial charge is 0.253 e. The monoisotopic (exact) mass is 363 g/mol. The van der Waals surface area contributed by atoms with Gasteiger partial charge in [0.2, 0.25) is 5.91 Å². The normalized spacial score (nSPS) is 16.8. The number of thiophene rings is 1. The molecular formula is C17H18ClN3O2S. The van der Waals surface area contributed by atoms with Gasteiger partial charge in [0.15, 0.2) is 0 Å². The number of hydrogen-bond acceptors (Lipinski definition) is 4. The molecule has 0 spiro atoms. The second kappa shape index (κ2) is 7.79. The molecule has 1 fully saturated rings. The molecule has 2 amide bonds. The first-order valence-corrected chi connectivity index (χ1v) is 9.03. The van der Waals surface area contributed by atoms with E-state index in [1.807, 2.05) is 17.5 Å². The van der Waals surface area contributed by atoms with E-state index in [1.54, 1.807) is 29.5 Å². The van der Waals surface area contributed by atoms with Crippen molar-refractivity contribution in [1.82, 2.24) is 10.6 Å². The van der Waals surface area contributed by atoms with Gasteiger partial charge in [0, 0.05) is 10.6 Å². The molecule has 3 N–H and O–H groups in total. The van der Waals surface area contributed by atoms with Crippen molar-refractivity contribution in [1.29, 1.82) is 0 Å². The van der Waals surface area contributed by atoms with Gasteiger partial charge < -0.3 is 16.0 Å². The Morgan fingerprint density at radius 1 is 1.33 bits per heavy atom. The third kappa shape index (κ3) is 4.14. The van der Waals surface area contributed by atoms with E-state index in [0.717, 1.165) is 24.3 Å². The number of nitrogens with one attached hydrogen (secondary N) is 3. The summed E-state index contributed by atoms with van der Waals surface area (Å²) in [5, 5.41) is 11.1. The lowest BCUT2D eigenvalue weighted by Crippen LogP contribution is -2.35. The van der Waals surface area contributed by atoms with Crippen molar-refractivity contribution in [3.63, 3.8) is 0 Å². The fourth-order valence-electron chi connectivity index (χ4n) is 2.59. The van der Waals surface area contributed by atoms with Crippen LogP contribution >= 0.6 is 22.9 Å². The molecule has 1 unspecified atom stereocenters. The molecule has 126 valence electrons. The van der Waals surface area contributed by atoms with E-state index < -0.39 is 0 Å². The molecule has 7 heteroatoms. The maximum atomic E-state index is 12.3. The van der Waals surface area contributed by atoms with Gasteiger partial charge in [-0.3, -0.25) is 9.59 Å². The largest absolute Gasteiger partial charge is 0.347 e. The van der Waals surface area contributed by atoms with E-state index in [-0.39, 0.29) is 17.9 Å². The highest BCUT2D eigenvalue weighted by atomic mass is 35.5. The Morgan fingerprint density at radius 2 is 2.21 bits per heavy atom. The Balaban J connectivity index is 1.66. The van der Waals surface area contributed by atoms with Gasteiger partial charge in [-0.25, -0.2) is 0 Å². The lowest BCUT2D eigenvalue weighted by Gasteiger charge is -2.13. The van der Waals surface area contributed by atoms with Crippen LogP contribution < -0.4 is 16.0 Å². The van der Waals surface area contributed by atoms with Gasteiger partial charge in [-0.1, -0.05) is 17.7 Å². The minimum atomic E-state index is -0.261. The van der Waals surface area contributed by atoms with E-state index in [0.29, 0.717) is 22.8 Å². The summed E-state index contributed by atoms with van der Waals surface area (Å²) in [6, 6.07) is 8.66. The highest BCUT2D eigenvalue weighted by molar-refractivity contribution is 7.09. The molecule has 1 aromatic carbocycles. The number of amides is 2. The lowest BCUT2D eigenvalue weighted by molar-refractivity contribution is -0.117. The van der Waals surface area contributed by atoms with E-state index in [9.17, 15) is 9.59 Å². The quantitative estimate of drug-likeness (QED) is 0.764. The molecular weight excluding hydrogens is 346 g/mol. The van der Waals surface area contributed by atoms with Crippen LogP contribution in [0.15, 0.2) is 35.7 Å². The summed E-state index contributed by atoms with van der Waals surface area (Å²) in [5.74, 6) is -0.344. The summed E-state index contributed by atoms with van der Waals surface area (Å²) in [4.78, 5) is 25.6. The molecule has 3 rings (SSSR count). The number of halogens is 1. The minimum absolute atomic E-state index is 0.0835. The van der Waals surface area contributed by atoms with Crippen LogP contribution in [-0.4, -0.2) is 24.4 Å². The number of carbonyl (C=O) groups excluding carboxylic acids is 2. The zero-order valence-corrected chi connectivity index (χ0v) is 14.5. The molecule has 0 saturated carbocycles. The fraction of sp³-hybridized carbons (Fsp3) is 0.294. The van der Waals surface area contributed by atoms with Crippen LogP contribution in [0, 0.1) is 0 Å². The summed E-state index contributed by atoms with van der Waals surface area (Å²) >= 11 is 7.71. The van der Waals surface area contributed by atoms with Crippen molar-refractivity contribution in [2.24, 2.45) is 0 Å². The van der Waals surface area contributed by atoms with Crippen LogP contribution in [-0.2, 0) is 11.3 Å². The molecule has 2 aromatic rings. The van der Waals surface area contributed by atoms with Gasteiger partial charge in [0.05, 0.1) is 23.2 Å². The number of benzene rings is 1. The first kappa shape index (κ1) is 17.0. The molecule has 1 aromatic heterocycles. The summed E-state index contributed by atoms with van der Waals surface area (Å²) < 4.78 is 0. The molecule has 5 nitrogen and oxygen atoms in total. The van der Waals surface area contributed by atoms with E-state index in [4.69, 9.17) is 11.6 Å². The zero-order chi connectivity index (χ0) is 16.9. The molecule has 1 aliphatic rings. The number of hydrogen-bond donors (Lipinski definition) is 3. The van der Waals surface area contributed by atoms with E-state index in [2.05, 4.69) is 16.0 Å². The minimum Gasteiger partial charge on any atom is -0.347 e. The van der Waals surface area contributed by atoms with Gasteiger partial charge in [-0.05, 0) is 49.0 Å². The number of anilines is 1. The van der Waals surface area contributed by atoms with Gasteiger partial charge in [0.1, 0.15) is 0 Å². The average Bonchev–Trinajstić information content (AvgIpc) is 3.28. The standard InChI is InChI=1S/C17H18ClN3O2S/c18-14-6-5-11(21-17(23)15-4-1-7-19-15)9-13(14)16(22)20-10-12-3-2-8-24-12/h2-3,5-6,8-9,15,19H,1,4,7,10H2,(H,20,22)(H,21,23). The summed E-state index contributed by atoms with van der Waals surface area (Å²) in [7, 11) is 0. The zero-order valence-electron chi connectivity index (χ0n) is 13.0. The molecule has 1 atom stereocenters. The van der Waals surface area contributed by atoms with Crippen LogP contribution in [0.3, 0.4) is 0 Å². The Morgan fingerprint density at radius 3 is 2.92 bits per heavy atom. The molecule has 0 bridgehead atoms. The third-order valence-corrected chi connectivity index (χ3v) is 5.06. The first-order valence-electron chi connectivity index (χ1n) is 7.78. The summed E-state index contributed by atoms with van der Waals surface area (Å²) in [5.41, 5.74) is 0.921. The van der Waals surface area contributed by atoms with Crippen LogP contribution in [0.5, 0.6) is 0 Å². The van der Waals surface area contributed by atoms with Crippen LogP contribution in [0.1, 0.15) is 28.1 Å². The molecule has 0 radical (unpaired) electrons. The maximum Gasteiger partial charge on any atom is 0.253 e. The van der Waals surface area contributed by atoms with Crippen molar-refractivity contribution in [2.75, 3.05) is 11.9 Å². The predicted molar refractivity (Wildman–Crippen MR) is 96.6 cm³/mol. The Labute approximate surface area is 149 Å². The van der Waals surface area contributed by atoms with Crippen molar-refractivity contribution < 1.29 is 9.59 Å². The SMILES string of the molecule is O=C(NCc1cccs1)c1cc(NC(=O)C2CCCN2)ccc1Cl. The summed E-state index contributed by atoms with van der Waals surface area (Å²) in [6.45, 7) is 1.31. The lowest BCUT2D eigenvalue weighted by atomic mass is 10.1. The van der Waals surface area contributed by atoms with Crippen LogP contribution in [0.4, 0.5) is 5.69 Å². The van der Waals surface area contributed by atoms with Gasteiger partial charge in [-0.2, -0.15) is 0 Å². The van der Waals surface area contributed by atoms with Crippen molar-refractivity contribution in [2.45, 2.75) is 25.4 Å². The number of rotatable bonds is 5. The molecule has 2 heterocycles. The fourth-order valence-corrected chi connectivity index (χ4v) is 3.44. The Kier molecular flexibility index (Phi) is 5.50. The number of carbonyl (C=O) groups is 2. The molecule has 24 heavy (non-hydrogen) atoms. The third-order valence-electron chi connectivity index (χ3n) is 3.86. The first-order chi connectivity index (χ1) is 11.6. The van der Waals surface area contributed by atoms with Crippen molar-refractivity contribution >= 4 is 40.4 Å². The highest BCUT2D eigenvalue weighted by Crippen LogP contribution is 2.21. The molecule has 1 aliphatic heterocycles. The van der Waals surface area contributed by atoms with Crippen LogP contribution in [0.2, 0.25) is 5.02 Å². The van der Waals surface area contributed by atoms with Gasteiger partial charge >= 0.3 is 0 Å². The van der Waals surface area contributed by atoms with E-state index in [1.165, 1.54) is 0 Å². The highest BCUT2D eigenvalue weighted by Gasteiger charge is 2.22. The van der Waals surface area contributed by atoms with Crippen LogP contribution in [0.25, 0.3) is 0 Å². The van der Waals surface area contributed by atoms with E-state index >= 15 is 0 Å². The average molecular weight is 364 g/mol. The Bertz CT molecular complexity index is 727. The van der Waals surface area contributed by atoms with Crippen molar-refractivity contribution in [3.8, 4) is 0 Å².